The van der Waals surface area contributed by atoms with Crippen molar-refractivity contribution in [1.29, 1.82) is 0 Å². The van der Waals surface area contributed by atoms with Gasteiger partial charge < -0.3 is 5.32 Å². The van der Waals surface area contributed by atoms with Gasteiger partial charge in [0.05, 0.1) is 10.9 Å². The molecular formula is C18H22N2O3S. The lowest BCUT2D eigenvalue weighted by molar-refractivity contribution is -0.117. The standard InChI is InChI=1S/C18H22N2O3S/c1-4-15-10-8-9-13(2)17(15)19-18(21)14(3)20-24(22,23)16-11-6-5-7-12-16/h5-12,14,20H,4H2,1-3H3,(H,19,21)/t14-/m1/s1. The molecule has 0 aliphatic heterocycles. The lowest BCUT2D eigenvalue weighted by atomic mass is 10.1. The number of sulfonamides is 1. The zero-order valence-corrected chi connectivity index (χ0v) is 14.9. The quantitative estimate of drug-likeness (QED) is 0.844. The van der Waals surface area contributed by atoms with Crippen molar-refractivity contribution in [1.82, 2.24) is 4.72 Å². The SMILES string of the molecule is CCc1cccc(C)c1NC(=O)[C@@H](C)NS(=O)(=O)c1ccccc1. The minimum Gasteiger partial charge on any atom is -0.324 e. The minimum absolute atomic E-state index is 0.134. The Labute approximate surface area is 143 Å². The van der Waals surface area contributed by atoms with Gasteiger partial charge in [0, 0.05) is 5.69 Å². The van der Waals surface area contributed by atoms with E-state index in [4.69, 9.17) is 0 Å². The zero-order chi connectivity index (χ0) is 17.7. The Morgan fingerprint density at radius 3 is 2.38 bits per heavy atom. The zero-order valence-electron chi connectivity index (χ0n) is 14.0. The van der Waals surface area contributed by atoms with E-state index in [0.29, 0.717) is 0 Å². The normalized spacial score (nSPS) is 12.6. The van der Waals surface area contributed by atoms with Crippen molar-refractivity contribution in [2.75, 3.05) is 5.32 Å². The van der Waals surface area contributed by atoms with Crippen LogP contribution in [0.25, 0.3) is 0 Å². The molecule has 6 heteroatoms. The van der Waals surface area contributed by atoms with Crippen LogP contribution in [-0.2, 0) is 21.2 Å². The number of hydrogen-bond acceptors (Lipinski definition) is 3. The van der Waals surface area contributed by atoms with Gasteiger partial charge in [0.1, 0.15) is 0 Å². The molecule has 0 aliphatic carbocycles. The Morgan fingerprint density at radius 1 is 1.08 bits per heavy atom. The molecule has 1 atom stereocenters. The molecule has 2 aromatic carbocycles. The van der Waals surface area contributed by atoms with E-state index < -0.39 is 22.0 Å². The first-order valence-electron chi connectivity index (χ1n) is 7.82. The van der Waals surface area contributed by atoms with Gasteiger partial charge in [-0.05, 0) is 43.5 Å². The van der Waals surface area contributed by atoms with Gasteiger partial charge in [-0.15, -0.1) is 0 Å². The second kappa shape index (κ2) is 7.59. The van der Waals surface area contributed by atoms with Crippen molar-refractivity contribution in [2.24, 2.45) is 0 Å². The van der Waals surface area contributed by atoms with Crippen LogP contribution < -0.4 is 10.0 Å². The summed E-state index contributed by atoms with van der Waals surface area (Å²) in [5, 5.41) is 2.84. The summed E-state index contributed by atoms with van der Waals surface area (Å²) >= 11 is 0. The fraction of sp³-hybridized carbons (Fsp3) is 0.278. The number of amides is 1. The molecular weight excluding hydrogens is 324 g/mol. The van der Waals surface area contributed by atoms with Crippen LogP contribution in [0.4, 0.5) is 5.69 Å². The number of benzene rings is 2. The van der Waals surface area contributed by atoms with Crippen LogP contribution in [0.15, 0.2) is 53.4 Å². The maximum atomic E-state index is 12.4. The largest absolute Gasteiger partial charge is 0.324 e. The lowest BCUT2D eigenvalue weighted by Crippen LogP contribution is -2.41. The van der Waals surface area contributed by atoms with E-state index in [1.54, 1.807) is 18.2 Å². The van der Waals surface area contributed by atoms with Crippen LogP contribution in [0.3, 0.4) is 0 Å². The summed E-state index contributed by atoms with van der Waals surface area (Å²) < 4.78 is 27.0. The second-order valence-corrected chi connectivity index (χ2v) is 7.32. The van der Waals surface area contributed by atoms with E-state index in [9.17, 15) is 13.2 Å². The van der Waals surface area contributed by atoms with Crippen LogP contribution in [0.5, 0.6) is 0 Å². The molecule has 0 saturated heterocycles. The predicted molar refractivity (Wildman–Crippen MR) is 95.4 cm³/mol. The number of aryl methyl sites for hydroxylation is 2. The Kier molecular flexibility index (Phi) is 5.75. The molecule has 0 aromatic heterocycles. The maximum Gasteiger partial charge on any atom is 0.242 e. The van der Waals surface area contributed by atoms with Crippen molar-refractivity contribution < 1.29 is 13.2 Å². The number of rotatable bonds is 6. The molecule has 2 N–H and O–H groups in total. The molecule has 2 rings (SSSR count). The first-order valence-corrected chi connectivity index (χ1v) is 9.30. The molecule has 0 fully saturated rings. The first-order chi connectivity index (χ1) is 11.3. The molecule has 0 heterocycles. The number of para-hydroxylation sites is 1. The van der Waals surface area contributed by atoms with Crippen LogP contribution >= 0.6 is 0 Å². The Bertz CT molecular complexity index is 817. The first kappa shape index (κ1) is 18.2. The van der Waals surface area contributed by atoms with Gasteiger partial charge in [-0.2, -0.15) is 4.72 Å². The average Bonchev–Trinajstić information content (AvgIpc) is 2.57. The summed E-state index contributed by atoms with van der Waals surface area (Å²) in [4.78, 5) is 12.5. The van der Waals surface area contributed by atoms with Gasteiger partial charge in [-0.3, -0.25) is 4.79 Å². The fourth-order valence-corrected chi connectivity index (χ4v) is 3.61. The van der Waals surface area contributed by atoms with E-state index in [2.05, 4.69) is 10.0 Å². The summed E-state index contributed by atoms with van der Waals surface area (Å²) in [7, 11) is -3.73. The van der Waals surface area contributed by atoms with Crippen molar-refractivity contribution in [3.8, 4) is 0 Å². The van der Waals surface area contributed by atoms with Crippen LogP contribution in [0.2, 0.25) is 0 Å². The summed E-state index contributed by atoms with van der Waals surface area (Å²) in [5.74, 6) is -0.390. The van der Waals surface area contributed by atoms with Gasteiger partial charge in [0.2, 0.25) is 15.9 Å². The highest BCUT2D eigenvalue weighted by atomic mass is 32.2. The molecule has 128 valence electrons. The number of hydrogen-bond donors (Lipinski definition) is 2. The number of nitrogens with one attached hydrogen (secondary N) is 2. The molecule has 0 spiro atoms. The van der Waals surface area contributed by atoms with Gasteiger partial charge in [0.25, 0.3) is 0 Å². The van der Waals surface area contributed by atoms with Gasteiger partial charge in [-0.25, -0.2) is 8.42 Å². The monoisotopic (exact) mass is 346 g/mol. The average molecular weight is 346 g/mol. The Morgan fingerprint density at radius 2 is 1.75 bits per heavy atom. The van der Waals surface area contributed by atoms with Crippen LogP contribution in [0.1, 0.15) is 25.0 Å². The van der Waals surface area contributed by atoms with Crippen LogP contribution in [0, 0.1) is 6.92 Å². The lowest BCUT2D eigenvalue weighted by Gasteiger charge is -2.17. The highest BCUT2D eigenvalue weighted by Gasteiger charge is 2.22. The van der Waals surface area contributed by atoms with E-state index in [1.165, 1.54) is 19.1 Å². The van der Waals surface area contributed by atoms with Crippen molar-refractivity contribution >= 4 is 21.6 Å². The number of anilines is 1. The van der Waals surface area contributed by atoms with E-state index in [1.807, 2.05) is 32.0 Å². The Balaban J connectivity index is 2.14. The predicted octanol–water partition coefficient (Wildman–Crippen LogP) is 2.86. The third kappa shape index (κ3) is 4.21. The van der Waals surface area contributed by atoms with E-state index in [-0.39, 0.29) is 4.90 Å². The molecule has 24 heavy (non-hydrogen) atoms. The summed E-state index contributed by atoms with van der Waals surface area (Å²) in [6.07, 6.45) is 0.779. The Hall–Kier alpha value is -2.18. The summed E-state index contributed by atoms with van der Waals surface area (Å²) in [6.45, 7) is 5.44. The molecule has 1 amide bonds. The van der Waals surface area contributed by atoms with E-state index in [0.717, 1.165) is 23.2 Å². The highest BCUT2D eigenvalue weighted by Crippen LogP contribution is 2.21. The number of carbonyl (C=O) groups excluding carboxylic acids is 1. The van der Waals surface area contributed by atoms with Crippen molar-refractivity contribution in [3.63, 3.8) is 0 Å². The van der Waals surface area contributed by atoms with Crippen molar-refractivity contribution in [3.05, 3.63) is 59.7 Å². The molecule has 0 saturated carbocycles. The third-order valence-electron chi connectivity index (χ3n) is 3.77. The topological polar surface area (TPSA) is 75.3 Å². The van der Waals surface area contributed by atoms with E-state index >= 15 is 0 Å². The minimum atomic E-state index is -3.73. The van der Waals surface area contributed by atoms with Gasteiger partial charge in [-0.1, -0.05) is 43.3 Å². The molecule has 5 nitrogen and oxygen atoms in total. The van der Waals surface area contributed by atoms with Gasteiger partial charge in [0.15, 0.2) is 0 Å². The maximum absolute atomic E-state index is 12.4. The number of carbonyl (C=O) groups is 1. The second-order valence-electron chi connectivity index (χ2n) is 5.61. The van der Waals surface area contributed by atoms with Gasteiger partial charge >= 0.3 is 0 Å². The van der Waals surface area contributed by atoms with Crippen molar-refractivity contribution in [2.45, 2.75) is 38.1 Å². The molecule has 0 unspecified atom stereocenters. The molecule has 2 aromatic rings. The molecule has 0 aliphatic rings. The smallest absolute Gasteiger partial charge is 0.242 e. The molecule has 0 bridgehead atoms. The molecule has 0 radical (unpaired) electrons. The third-order valence-corrected chi connectivity index (χ3v) is 5.32. The summed E-state index contributed by atoms with van der Waals surface area (Å²) in [5.41, 5.74) is 2.71. The highest BCUT2D eigenvalue weighted by molar-refractivity contribution is 7.89. The fourth-order valence-electron chi connectivity index (χ4n) is 2.39. The van der Waals surface area contributed by atoms with Crippen LogP contribution in [-0.4, -0.2) is 20.4 Å². The summed E-state index contributed by atoms with van der Waals surface area (Å²) in [6, 6.07) is 12.9.